The van der Waals surface area contributed by atoms with Gasteiger partial charge in [0.05, 0.1) is 12.6 Å². The Bertz CT molecular complexity index is 382. The number of aromatic nitrogens is 1. The molecule has 1 rings (SSSR count). The molecule has 0 aliphatic heterocycles. The largest absolute Gasteiger partial charge is 0.394 e. The molecule has 15 heavy (non-hydrogen) atoms. The number of H-pyrrole nitrogens is 1. The van der Waals surface area contributed by atoms with E-state index in [1.54, 1.807) is 0 Å². The maximum Gasteiger partial charge on any atom is 0.257 e. The molecule has 0 aromatic carbocycles. The van der Waals surface area contributed by atoms with E-state index >= 15 is 0 Å². The lowest BCUT2D eigenvalue weighted by Crippen LogP contribution is -2.38. The van der Waals surface area contributed by atoms with E-state index in [-0.39, 0.29) is 23.6 Å². The molecule has 0 spiro atoms. The number of pyridine rings is 1. The van der Waals surface area contributed by atoms with Crippen LogP contribution in [0.15, 0.2) is 23.3 Å². The van der Waals surface area contributed by atoms with Crippen LogP contribution in [-0.4, -0.2) is 28.6 Å². The smallest absolute Gasteiger partial charge is 0.257 e. The van der Waals surface area contributed by atoms with Crippen molar-refractivity contribution >= 4 is 5.91 Å². The van der Waals surface area contributed by atoms with Crippen LogP contribution in [0.2, 0.25) is 0 Å². The van der Waals surface area contributed by atoms with Crippen LogP contribution in [0.4, 0.5) is 0 Å². The molecule has 1 aromatic rings. The van der Waals surface area contributed by atoms with E-state index in [4.69, 9.17) is 5.11 Å². The second-order valence-corrected chi connectivity index (χ2v) is 3.18. The Balaban J connectivity index is 2.78. The lowest BCUT2D eigenvalue weighted by molar-refractivity contribution is 0.0913. The van der Waals surface area contributed by atoms with Crippen molar-refractivity contribution in [2.45, 2.75) is 19.4 Å². The Morgan fingerprint density at radius 3 is 2.93 bits per heavy atom. The van der Waals surface area contributed by atoms with Crippen LogP contribution in [-0.2, 0) is 0 Å². The fraction of sp³-hybridized carbons (Fsp3) is 0.400. The molecule has 1 heterocycles. The van der Waals surface area contributed by atoms with Gasteiger partial charge in [-0.2, -0.15) is 0 Å². The van der Waals surface area contributed by atoms with Gasteiger partial charge in [0, 0.05) is 18.5 Å². The lowest BCUT2D eigenvalue weighted by atomic mass is 10.2. The molecule has 3 N–H and O–H groups in total. The first-order valence-electron chi connectivity index (χ1n) is 4.77. The van der Waals surface area contributed by atoms with Crippen molar-refractivity contribution < 1.29 is 9.90 Å². The van der Waals surface area contributed by atoms with Gasteiger partial charge in [-0.1, -0.05) is 6.92 Å². The summed E-state index contributed by atoms with van der Waals surface area (Å²) in [5.41, 5.74) is -0.275. The molecule has 0 fully saturated rings. The molecule has 1 aromatic heterocycles. The van der Waals surface area contributed by atoms with E-state index in [2.05, 4.69) is 10.3 Å². The van der Waals surface area contributed by atoms with Crippen LogP contribution in [0.25, 0.3) is 0 Å². The average Bonchev–Trinajstić information content (AvgIpc) is 2.26. The SMILES string of the molecule is CC[C@@H](CO)NC(=O)c1c[nH]ccc1=O. The summed E-state index contributed by atoms with van der Waals surface area (Å²) in [5.74, 6) is -0.460. The van der Waals surface area contributed by atoms with Crippen molar-refractivity contribution in [3.63, 3.8) is 0 Å². The van der Waals surface area contributed by atoms with Gasteiger partial charge < -0.3 is 15.4 Å². The first kappa shape index (κ1) is 11.5. The molecule has 0 saturated carbocycles. The number of aromatic amines is 1. The van der Waals surface area contributed by atoms with E-state index in [1.165, 1.54) is 18.5 Å². The molecule has 0 saturated heterocycles. The van der Waals surface area contributed by atoms with Gasteiger partial charge in [-0.15, -0.1) is 0 Å². The second kappa shape index (κ2) is 5.31. The quantitative estimate of drug-likeness (QED) is 0.647. The second-order valence-electron chi connectivity index (χ2n) is 3.18. The fourth-order valence-electron chi connectivity index (χ4n) is 1.13. The van der Waals surface area contributed by atoms with E-state index in [1.807, 2.05) is 6.92 Å². The molecular formula is C10H14N2O3. The van der Waals surface area contributed by atoms with E-state index < -0.39 is 5.91 Å². The molecule has 1 amide bonds. The summed E-state index contributed by atoms with van der Waals surface area (Å²) < 4.78 is 0. The molecule has 0 aliphatic carbocycles. The van der Waals surface area contributed by atoms with Crippen molar-refractivity contribution in [2.24, 2.45) is 0 Å². The third-order valence-corrected chi connectivity index (χ3v) is 2.12. The average molecular weight is 210 g/mol. The molecule has 0 bridgehead atoms. The highest BCUT2D eigenvalue weighted by Gasteiger charge is 2.13. The van der Waals surface area contributed by atoms with Gasteiger partial charge in [0.2, 0.25) is 0 Å². The normalized spacial score (nSPS) is 12.1. The maximum absolute atomic E-state index is 11.6. The summed E-state index contributed by atoms with van der Waals surface area (Å²) in [5, 5.41) is 11.5. The van der Waals surface area contributed by atoms with Gasteiger partial charge in [0.25, 0.3) is 5.91 Å². The first-order chi connectivity index (χ1) is 7.19. The number of amides is 1. The zero-order valence-corrected chi connectivity index (χ0v) is 8.49. The minimum absolute atomic E-state index is 0.0596. The monoisotopic (exact) mass is 210 g/mol. The zero-order chi connectivity index (χ0) is 11.3. The van der Waals surface area contributed by atoms with Crippen molar-refractivity contribution in [1.29, 1.82) is 0 Å². The lowest BCUT2D eigenvalue weighted by Gasteiger charge is -2.13. The summed E-state index contributed by atoms with van der Waals surface area (Å²) in [6.45, 7) is 1.71. The van der Waals surface area contributed by atoms with Crippen molar-refractivity contribution in [1.82, 2.24) is 10.3 Å². The molecule has 0 aliphatic rings. The summed E-state index contributed by atoms with van der Waals surface area (Å²) >= 11 is 0. The molecule has 0 radical (unpaired) electrons. The van der Waals surface area contributed by atoms with Crippen molar-refractivity contribution in [3.05, 3.63) is 34.2 Å². The van der Waals surface area contributed by atoms with Crippen LogP contribution >= 0.6 is 0 Å². The van der Waals surface area contributed by atoms with Crippen LogP contribution in [0.3, 0.4) is 0 Å². The summed E-state index contributed by atoms with van der Waals surface area (Å²) in [4.78, 5) is 25.5. The van der Waals surface area contributed by atoms with E-state index in [0.717, 1.165) is 0 Å². The van der Waals surface area contributed by atoms with Crippen LogP contribution in [0, 0.1) is 0 Å². The number of carbonyl (C=O) groups is 1. The number of hydrogen-bond donors (Lipinski definition) is 3. The Labute approximate surface area is 87.1 Å². The minimum atomic E-state index is -0.460. The van der Waals surface area contributed by atoms with Crippen LogP contribution < -0.4 is 10.7 Å². The highest BCUT2D eigenvalue weighted by molar-refractivity contribution is 5.93. The number of hydrogen-bond acceptors (Lipinski definition) is 3. The maximum atomic E-state index is 11.6. The Morgan fingerprint density at radius 2 is 2.40 bits per heavy atom. The molecule has 5 nitrogen and oxygen atoms in total. The number of carbonyl (C=O) groups excluding carboxylic acids is 1. The van der Waals surface area contributed by atoms with Crippen LogP contribution in [0.1, 0.15) is 23.7 Å². The van der Waals surface area contributed by atoms with Gasteiger partial charge in [0.15, 0.2) is 5.43 Å². The number of aliphatic hydroxyl groups excluding tert-OH is 1. The topological polar surface area (TPSA) is 82.2 Å². The molecular weight excluding hydrogens is 196 g/mol. The van der Waals surface area contributed by atoms with Gasteiger partial charge in [-0.05, 0) is 6.42 Å². The Morgan fingerprint density at radius 1 is 1.67 bits per heavy atom. The predicted octanol–water partition coefficient (Wildman–Crippen LogP) is -0.124. The van der Waals surface area contributed by atoms with Crippen LogP contribution in [0.5, 0.6) is 0 Å². The molecule has 1 atom stereocenters. The van der Waals surface area contributed by atoms with Gasteiger partial charge >= 0.3 is 0 Å². The summed E-state index contributed by atoms with van der Waals surface area (Å²) in [7, 11) is 0. The summed E-state index contributed by atoms with van der Waals surface area (Å²) in [6.07, 6.45) is 3.43. The van der Waals surface area contributed by atoms with E-state index in [0.29, 0.717) is 6.42 Å². The zero-order valence-electron chi connectivity index (χ0n) is 8.49. The Kier molecular flexibility index (Phi) is 4.05. The first-order valence-corrected chi connectivity index (χ1v) is 4.77. The van der Waals surface area contributed by atoms with Crippen molar-refractivity contribution in [2.75, 3.05) is 6.61 Å². The Hall–Kier alpha value is -1.62. The third-order valence-electron chi connectivity index (χ3n) is 2.12. The molecule has 0 unspecified atom stereocenters. The predicted molar refractivity (Wildman–Crippen MR) is 55.7 cm³/mol. The highest BCUT2D eigenvalue weighted by Crippen LogP contribution is 1.93. The van der Waals surface area contributed by atoms with Gasteiger partial charge in [-0.25, -0.2) is 0 Å². The number of nitrogens with one attached hydrogen (secondary N) is 2. The molecule has 82 valence electrons. The molecule has 5 heteroatoms. The number of aliphatic hydroxyl groups is 1. The minimum Gasteiger partial charge on any atom is -0.394 e. The third kappa shape index (κ3) is 2.92. The highest BCUT2D eigenvalue weighted by atomic mass is 16.3. The number of rotatable bonds is 4. The summed E-state index contributed by atoms with van der Waals surface area (Å²) in [6, 6.07) is 0.978. The van der Waals surface area contributed by atoms with Gasteiger partial charge in [-0.3, -0.25) is 9.59 Å². The fourth-order valence-corrected chi connectivity index (χ4v) is 1.13. The van der Waals surface area contributed by atoms with E-state index in [9.17, 15) is 9.59 Å². The van der Waals surface area contributed by atoms with Gasteiger partial charge in [0.1, 0.15) is 5.56 Å². The van der Waals surface area contributed by atoms with Crippen molar-refractivity contribution in [3.8, 4) is 0 Å². The standard InChI is InChI=1S/C10H14N2O3/c1-2-7(6-13)12-10(15)8-5-11-4-3-9(8)14/h3-5,7,13H,2,6H2,1H3,(H,11,14)(H,12,15)/t7-/m0/s1.